The number of fused-ring (bicyclic) bond motifs is 2. The summed E-state index contributed by atoms with van der Waals surface area (Å²) in [5.74, 6) is -1.34. The molecule has 1 N–H and O–H groups in total. The van der Waals surface area contributed by atoms with E-state index in [1.807, 2.05) is 0 Å². The van der Waals surface area contributed by atoms with Gasteiger partial charge in [-0.15, -0.1) is 0 Å². The maximum atomic E-state index is 11.0. The Morgan fingerprint density at radius 2 is 2.00 bits per heavy atom. The van der Waals surface area contributed by atoms with E-state index in [0.717, 1.165) is 12.1 Å². The van der Waals surface area contributed by atoms with Crippen LogP contribution in [0.4, 0.5) is 0 Å². The number of aromatic hydroxyl groups is 1. The van der Waals surface area contributed by atoms with Crippen LogP contribution in [-0.4, -0.2) is 19.5 Å². The normalized spacial score (nSPS) is 18.0. The fraction of sp³-hybridized carbons (Fsp3) is 0. The minimum Gasteiger partial charge on any atom is -0.507 e. The van der Waals surface area contributed by atoms with Crippen molar-refractivity contribution in [3.63, 3.8) is 0 Å². The molecule has 1 aliphatic heterocycles. The molecule has 5 nitrogen and oxygen atoms in total. The molecule has 0 saturated heterocycles. The second-order valence-corrected chi connectivity index (χ2v) is 4.05. The molecule has 0 saturated carbocycles. The number of phenols is 1. The van der Waals surface area contributed by atoms with Gasteiger partial charge < -0.3 is 9.29 Å². The highest BCUT2D eigenvalue weighted by atomic mass is 32.2. The van der Waals surface area contributed by atoms with E-state index in [4.69, 9.17) is 5.11 Å². The van der Waals surface area contributed by atoms with Crippen molar-refractivity contribution in [3.05, 3.63) is 23.8 Å². The second-order valence-electron chi connectivity index (χ2n) is 2.50. The van der Waals surface area contributed by atoms with Crippen LogP contribution >= 0.6 is 0 Å². The molecule has 1 aromatic carbocycles. The monoisotopic (exact) mass is 200 g/mol. The average molecular weight is 200 g/mol. The van der Waals surface area contributed by atoms with E-state index in [2.05, 4.69) is 4.18 Å². The Balaban J connectivity index is 2.81. The van der Waals surface area contributed by atoms with Gasteiger partial charge in [-0.1, -0.05) is 0 Å². The number of rotatable bonds is 0. The lowest BCUT2D eigenvalue weighted by Crippen LogP contribution is -2.18. The lowest BCUT2D eigenvalue weighted by molar-refractivity contribution is 0.0737. The number of hydrogen-bond donors (Lipinski definition) is 1. The first-order valence-electron chi connectivity index (χ1n) is 3.32. The van der Waals surface area contributed by atoms with Gasteiger partial charge in [-0.2, -0.15) is 8.42 Å². The Bertz CT molecular complexity index is 488. The SMILES string of the molecule is O=C1OS(=O)(=O)c2ccc(O)c1c2. The lowest BCUT2D eigenvalue weighted by atomic mass is 10.2. The molecular formula is C7H4O5S. The van der Waals surface area contributed by atoms with Crippen LogP contribution in [0.1, 0.15) is 10.4 Å². The molecule has 68 valence electrons. The maximum Gasteiger partial charge on any atom is 0.357 e. The topological polar surface area (TPSA) is 80.7 Å². The van der Waals surface area contributed by atoms with Crippen molar-refractivity contribution in [3.8, 4) is 5.75 Å². The zero-order valence-electron chi connectivity index (χ0n) is 6.22. The van der Waals surface area contributed by atoms with Crippen LogP contribution in [0.25, 0.3) is 0 Å². The van der Waals surface area contributed by atoms with Gasteiger partial charge in [-0.25, -0.2) is 4.79 Å². The Morgan fingerprint density at radius 3 is 2.69 bits per heavy atom. The zero-order chi connectivity index (χ0) is 9.64. The zero-order valence-corrected chi connectivity index (χ0v) is 7.04. The summed E-state index contributed by atoms with van der Waals surface area (Å²) in [4.78, 5) is 10.8. The first-order valence-corrected chi connectivity index (χ1v) is 4.73. The molecule has 0 atom stereocenters. The highest BCUT2D eigenvalue weighted by molar-refractivity contribution is 7.87. The van der Waals surface area contributed by atoms with Crippen molar-refractivity contribution in [1.82, 2.24) is 0 Å². The summed E-state index contributed by atoms with van der Waals surface area (Å²) >= 11 is 0. The molecule has 0 fully saturated rings. The molecule has 6 heteroatoms. The van der Waals surface area contributed by atoms with E-state index >= 15 is 0 Å². The molecule has 1 aliphatic rings. The van der Waals surface area contributed by atoms with E-state index in [-0.39, 0.29) is 16.2 Å². The van der Waals surface area contributed by atoms with Crippen molar-refractivity contribution < 1.29 is 22.5 Å². The van der Waals surface area contributed by atoms with Gasteiger partial charge in [0, 0.05) is 0 Å². The first kappa shape index (κ1) is 8.06. The lowest BCUT2D eigenvalue weighted by Gasteiger charge is -2.12. The van der Waals surface area contributed by atoms with Gasteiger partial charge in [0.2, 0.25) is 0 Å². The minimum absolute atomic E-state index is 0.125. The first-order chi connectivity index (χ1) is 6.00. The number of hydrogen-bond acceptors (Lipinski definition) is 5. The number of phenolic OH excluding ortho intramolecular Hbond substituents is 1. The van der Waals surface area contributed by atoms with E-state index in [0.29, 0.717) is 0 Å². The molecule has 0 amide bonds. The minimum atomic E-state index is -3.95. The predicted octanol–water partition coefficient (Wildman–Crippen LogP) is 0.251. The van der Waals surface area contributed by atoms with Gasteiger partial charge >= 0.3 is 16.1 Å². The number of carbonyl (C=O) groups is 1. The number of carbonyl (C=O) groups excluding carboxylic acids is 1. The summed E-state index contributed by atoms with van der Waals surface area (Å²) < 4.78 is 26.2. The van der Waals surface area contributed by atoms with Crippen molar-refractivity contribution in [1.29, 1.82) is 0 Å². The summed E-state index contributed by atoms with van der Waals surface area (Å²) in [6, 6.07) is 3.39. The van der Waals surface area contributed by atoms with Crippen molar-refractivity contribution >= 4 is 16.1 Å². The van der Waals surface area contributed by atoms with Gasteiger partial charge in [0.1, 0.15) is 16.2 Å². The van der Waals surface area contributed by atoms with Crippen molar-refractivity contribution in [2.75, 3.05) is 0 Å². The summed E-state index contributed by atoms with van der Waals surface area (Å²) in [5, 5.41) is 9.11. The molecule has 0 spiro atoms. The summed E-state index contributed by atoms with van der Waals surface area (Å²) in [5.41, 5.74) is -0.132. The van der Waals surface area contributed by atoms with Crippen molar-refractivity contribution in [2.24, 2.45) is 0 Å². The number of benzene rings is 1. The average Bonchev–Trinajstić information content (AvgIpc) is 2.02. The van der Waals surface area contributed by atoms with E-state index in [1.54, 1.807) is 0 Å². The van der Waals surface area contributed by atoms with E-state index in [9.17, 15) is 13.2 Å². The molecule has 1 heterocycles. The van der Waals surface area contributed by atoms with Gasteiger partial charge in [-0.3, -0.25) is 0 Å². The van der Waals surface area contributed by atoms with Crippen LogP contribution in [0.3, 0.4) is 0 Å². The van der Waals surface area contributed by atoms with Crippen LogP contribution in [-0.2, 0) is 14.3 Å². The Kier molecular flexibility index (Phi) is 1.38. The van der Waals surface area contributed by atoms with E-state index in [1.165, 1.54) is 6.07 Å². The molecular weight excluding hydrogens is 196 g/mol. The van der Waals surface area contributed by atoms with Gasteiger partial charge in [0.05, 0.1) is 0 Å². The summed E-state index contributed by atoms with van der Waals surface area (Å²) in [6.07, 6.45) is 0. The fourth-order valence-corrected chi connectivity index (χ4v) is 1.91. The third-order valence-corrected chi connectivity index (χ3v) is 2.86. The predicted molar refractivity (Wildman–Crippen MR) is 40.7 cm³/mol. The molecule has 13 heavy (non-hydrogen) atoms. The van der Waals surface area contributed by atoms with Crippen LogP contribution in [0.5, 0.6) is 5.75 Å². The van der Waals surface area contributed by atoms with Gasteiger partial charge in [0.15, 0.2) is 0 Å². The van der Waals surface area contributed by atoms with Crippen LogP contribution < -0.4 is 0 Å². The highest BCUT2D eigenvalue weighted by Gasteiger charge is 2.30. The molecule has 2 bridgehead atoms. The third-order valence-electron chi connectivity index (χ3n) is 1.66. The van der Waals surface area contributed by atoms with Crippen molar-refractivity contribution in [2.45, 2.75) is 4.90 Å². The largest absolute Gasteiger partial charge is 0.507 e. The molecule has 0 unspecified atom stereocenters. The van der Waals surface area contributed by atoms with E-state index < -0.39 is 16.1 Å². The van der Waals surface area contributed by atoms with Crippen LogP contribution in [0.2, 0.25) is 0 Å². The second kappa shape index (κ2) is 2.23. The Labute approximate surface area is 73.7 Å². The molecule has 0 aromatic heterocycles. The van der Waals surface area contributed by atoms with Crippen LogP contribution in [0.15, 0.2) is 23.1 Å². The third kappa shape index (κ3) is 1.06. The fourth-order valence-electron chi connectivity index (χ4n) is 1.03. The highest BCUT2D eigenvalue weighted by Crippen LogP contribution is 2.28. The molecule has 1 aromatic rings. The summed E-state index contributed by atoms with van der Waals surface area (Å²) in [6.45, 7) is 0. The smallest absolute Gasteiger partial charge is 0.357 e. The summed E-state index contributed by atoms with van der Waals surface area (Å²) in [7, 11) is -3.95. The molecule has 2 rings (SSSR count). The Morgan fingerprint density at radius 1 is 1.31 bits per heavy atom. The van der Waals surface area contributed by atoms with Gasteiger partial charge in [0.25, 0.3) is 0 Å². The van der Waals surface area contributed by atoms with Crippen LogP contribution in [0, 0.1) is 0 Å². The van der Waals surface area contributed by atoms with Gasteiger partial charge in [-0.05, 0) is 18.2 Å². The quantitative estimate of drug-likeness (QED) is 0.607. The molecule has 0 aliphatic carbocycles. The standard InChI is InChI=1S/C7H4O5S/c8-6-2-1-4-3-5(6)7(9)12-13(4,10)11/h1-3,8H. The maximum absolute atomic E-state index is 11.0. The molecule has 0 radical (unpaired) electrons. The Hall–Kier alpha value is -1.56.